The van der Waals surface area contributed by atoms with Crippen LogP contribution in [0.15, 0.2) is 65.4 Å². The number of carbonyl (C=O) groups excluding carboxylic acids is 1. The second-order valence-electron chi connectivity index (χ2n) is 5.73. The number of aliphatic hydroxyl groups excluding tert-OH is 1. The number of carbonyl (C=O) groups is 1. The van der Waals surface area contributed by atoms with Gasteiger partial charge in [0.05, 0.1) is 12.8 Å². The van der Waals surface area contributed by atoms with Gasteiger partial charge in [0.2, 0.25) is 0 Å². The molecular formula is C19H21N3O3. The summed E-state index contributed by atoms with van der Waals surface area (Å²) >= 11 is 0. The zero-order valence-electron chi connectivity index (χ0n) is 14.1. The lowest BCUT2D eigenvalue weighted by Crippen LogP contribution is -2.35. The Kier molecular flexibility index (Phi) is 5.30. The minimum Gasteiger partial charge on any atom is -0.467 e. The van der Waals surface area contributed by atoms with Gasteiger partial charge in [-0.25, -0.2) is 0 Å². The summed E-state index contributed by atoms with van der Waals surface area (Å²) in [4.78, 5) is 14.6. The zero-order chi connectivity index (χ0) is 17.6. The van der Waals surface area contributed by atoms with E-state index < -0.39 is 6.10 Å². The maximum atomic E-state index is 13.0. The largest absolute Gasteiger partial charge is 0.467 e. The lowest BCUT2D eigenvalue weighted by atomic mass is 10.1. The van der Waals surface area contributed by atoms with E-state index in [-0.39, 0.29) is 12.5 Å². The third kappa shape index (κ3) is 3.97. The van der Waals surface area contributed by atoms with Crippen molar-refractivity contribution in [2.45, 2.75) is 26.1 Å². The van der Waals surface area contributed by atoms with Gasteiger partial charge in [0.1, 0.15) is 17.6 Å². The van der Waals surface area contributed by atoms with E-state index in [2.05, 4.69) is 5.10 Å². The van der Waals surface area contributed by atoms with Gasteiger partial charge in [-0.1, -0.05) is 30.3 Å². The highest BCUT2D eigenvalue weighted by molar-refractivity contribution is 5.92. The Morgan fingerprint density at radius 2 is 2.04 bits per heavy atom. The Morgan fingerprint density at radius 3 is 2.72 bits per heavy atom. The van der Waals surface area contributed by atoms with Crippen LogP contribution in [-0.2, 0) is 13.1 Å². The van der Waals surface area contributed by atoms with Crippen molar-refractivity contribution >= 4 is 5.91 Å². The van der Waals surface area contributed by atoms with Crippen LogP contribution >= 0.6 is 0 Å². The molecule has 0 saturated heterocycles. The molecule has 0 saturated carbocycles. The van der Waals surface area contributed by atoms with Crippen LogP contribution < -0.4 is 0 Å². The van der Waals surface area contributed by atoms with E-state index in [9.17, 15) is 9.90 Å². The van der Waals surface area contributed by atoms with Gasteiger partial charge in [-0.15, -0.1) is 0 Å². The quantitative estimate of drug-likeness (QED) is 0.718. The molecule has 6 heteroatoms. The molecule has 0 radical (unpaired) electrons. The highest BCUT2D eigenvalue weighted by Gasteiger charge is 2.24. The summed E-state index contributed by atoms with van der Waals surface area (Å²) in [6, 6.07) is 14.8. The van der Waals surface area contributed by atoms with Crippen molar-refractivity contribution in [2.24, 2.45) is 0 Å². The first-order valence-corrected chi connectivity index (χ1v) is 8.25. The molecule has 2 aromatic heterocycles. The molecule has 0 fully saturated rings. The topological polar surface area (TPSA) is 71.5 Å². The summed E-state index contributed by atoms with van der Waals surface area (Å²) in [5, 5.41) is 14.6. The van der Waals surface area contributed by atoms with Crippen LogP contribution in [0.5, 0.6) is 0 Å². The van der Waals surface area contributed by atoms with Crippen LogP contribution in [0, 0.1) is 0 Å². The number of furan rings is 1. The van der Waals surface area contributed by atoms with Gasteiger partial charge in [-0.05, 0) is 30.7 Å². The Morgan fingerprint density at radius 1 is 1.24 bits per heavy atom. The molecular weight excluding hydrogens is 318 g/mol. The minimum atomic E-state index is -0.888. The summed E-state index contributed by atoms with van der Waals surface area (Å²) in [6.45, 7) is 3.07. The molecule has 3 aromatic rings. The van der Waals surface area contributed by atoms with Crippen LogP contribution in [0.2, 0.25) is 0 Å². The first kappa shape index (κ1) is 17.0. The molecule has 0 aliphatic carbocycles. The maximum Gasteiger partial charge on any atom is 0.272 e. The number of aliphatic hydroxyl groups is 1. The van der Waals surface area contributed by atoms with Gasteiger partial charge in [-0.3, -0.25) is 9.48 Å². The van der Waals surface area contributed by atoms with Crippen LogP contribution in [0.4, 0.5) is 0 Å². The fourth-order valence-corrected chi connectivity index (χ4v) is 2.73. The van der Waals surface area contributed by atoms with E-state index in [0.29, 0.717) is 24.5 Å². The number of amides is 1. The molecule has 130 valence electrons. The molecule has 0 aliphatic heterocycles. The van der Waals surface area contributed by atoms with Crippen molar-refractivity contribution in [3.8, 4) is 0 Å². The molecule has 1 amide bonds. The molecule has 3 rings (SSSR count). The van der Waals surface area contributed by atoms with Gasteiger partial charge in [0.15, 0.2) is 0 Å². The fourth-order valence-electron chi connectivity index (χ4n) is 2.73. The molecule has 25 heavy (non-hydrogen) atoms. The molecule has 1 aromatic carbocycles. The van der Waals surface area contributed by atoms with Crippen molar-refractivity contribution in [3.63, 3.8) is 0 Å². The minimum absolute atomic E-state index is 0.135. The second kappa shape index (κ2) is 7.81. The molecule has 1 atom stereocenters. The number of hydrogen-bond donors (Lipinski definition) is 1. The molecule has 6 nitrogen and oxygen atoms in total. The molecule has 0 bridgehead atoms. The first-order valence-electron chi connectivity index (χ1n) is 8.25. The highest BCUT2D eigenvalue weighted by Crippen LogP contribution is 2.18. The Hall–Kier alpha value is -2.86. The monoisotopic (exact) mass is 339 g/mol. The third-order valence-electron chi connectivity index (χ3n) is 4.00. The Labute approximate surface area is 146 Å². The predicted molar refractivity (Wildman–Crippen MR) is 92.8 cm³/mol. The van der Waals surface area contributed by atoms with Crippen LogP contribution in [0.3, 0.4) is 0 Å². The van der Waals surface area contributed by atoms with E-state index in [0.717, 1.165) is 5.56 Å². The number of nitrogens with zero attached hydrogens (tertiary/aromatic N) is 3. The smallest absolute Gasteiger partial charge is 0.272 e. The van der Waals surface area contributed by atoms with Gasteiger partial charge >= 0.3 is 0 Å². The standard InChI is InChI=1S/C19H21N3O3/c1-2-22-16(10-11-20-22)19(24)21(13-15-7-4-3-5-8-15)14-17(23)18-9-6-12-25-18/h3-12,17,23H,2,13-14H2,1H3. The fraction of sp³-hybridized carbons (Fsp3) is 0.263. The maximum absolute atomic E-state index is 13.0. The predicted octanol–water partition coefficient (Wildman–Crippen LogP) is 2.87. The van der Waals surface area contributed by atoms with E-state index in [1.54, 1.807) is 34.0 Å². The lowest BCUT2D eigenvalue weighted by molar-refractivity contribution is 0.0552. The number of hydrogen-bond acceptors (Lipinski definition) is 4. The third-order valence-corrected chi connectivity index (χ3v) is 4.00. The molecule has 0 spiro atoms. The summed E-state index contributed by atoms with van der Waals surface area (Å²) in [5.41, 5.74) is 1.50. The average molecular weight is 339 g/mol. The van der Waals surface area contributed by atoms with E-state index in [4.69, 9.17) is 4.42 Å². The number of aryl methyl sites for hydroxylation is 1. The Bertz CT molecular complexity index is 796. The normalized spacial score (nSPS) is 12.1. The van der Waals surface area contributed by atoms with E-state index >= 15 is 0 Å². The number of rotatable bonds is 7. The van der Waals surface area contributed by atoms with Gasteiger partial charge in [0, 0.05) is 19.3 Å². The molecule has 2 heterocycles. The van der Waals surface area contributed by atoms with Crippen molar-refractivity contribution in [2.75, 3.05) is 6.54 Å². The Balaban J connectivity index is 1.84. The summed E-state index contributed by atoms with van der Waals surface area (Å²) in [6.07, 6.45) is 2.23. The molecule has 1 unspecified atom stereocenters. The van der Waals surface area contributed by atoms with Crippen LogP contribution in [0.25, 0.3) is 0 Å². The van der Waals surface area contributed by atoms with Crippen LogP contribution in [-0.4, -0.2) is 32.2 Å². The SMILES string of the molecule is CCn1nccc1C(=O)N(Cc1ccccc1)CC(O)c1ccco1. The lowest BCUT2D eigenvalue weighted by Gasteiger charge is -2.25. The van der Waals surface area contributed by atoms with Gasteiger partial charge < -0.3 is 14.4 Å². The summed E-state index contributed by atoms with van der Waals surface area (Å²) < 4.78 is 6.91. The van der Waals surface area contributed by atoms with Gasteiger partial charge in [0.25, 0.3) is 5.91 Å². The van der Waals surface area contributed by atoms with E-state index in [1.807, 2.05) is 37.3 Å². The second-order valence-corrected chi connectivity index (χ2v) is 5.73. The van der Waals surface area contributed by atoms with Crippen LogP contribution in [0.1, 0.15) is 34.8 Å². The molecule has 0 aliphatic rings. The van der Waals surface area contributed by atoms with Gasteiger partial charge in [-0.2, -0.15) is 5.10 Å². The van der Waals surface area contributed by atoms with Crippen molar-refractivity contribution < 1.29 is 14.3 Å². The summed E-state index contributed by atoms with van der Waals surface area (Å²) in [5.74, 6) is 0.267. The molecule has 1 N–H and O–H groups in total. The van der Waals surface area contributed by atoms with Crippen molar-refractivity contribution in [3.05, 3.63) is 78.0 Å². The number of aromatic nitrogens is 2. The average Bonchev–Trinajstić information content (AvgIpc) is 3.32. The van der Waals surface area contributed by atoms with Crippen molar-refractivity contribution in [1.82, 2.24) is 14.7 Å². The highest BCUT2D eigenvalue weighted by atomic mass is 16.4. The zero-order valence-corrected chi connectivity index (χ0v) is 14.1. The summed E-state index contributed by atoms with van der Waals surface area (Å²) in [7, 11) is 0. The van der Waals surface area contributed by atoms with Crippen molar-refractivity contribution in [1.29, 1.82) is 0 Å². The van der Waals surface area contributed by atoms with E-state index in [1.165, 1.54) is 6.26 Å². The number of benzene rings is 1. The first-order chi connectivity index (χ1) is 12.2.